The number of carbonyl (C=O) groups excluding carboxylic acids is 2. The molecule has 0 aliphatic carbocycles. The van der Waals surface area contributed by atoms with Gasteiger partial charge in [0.2, 0.25) is 5.91 Å². The van der Waals surface area contributed by atoms with Crippen LogP contribution in [0.5, 0.6) is 0 Å². The van der Waals surface area contributed by atoms with Gasteiger partial charge in [-0.15, -0.1) is 0 Å². The van der Waals surface area contributed by atoms with Crippen molar-refractivity contribution < 1.29 is 23.1 Å². The molecule has 0 aliphatic rings. The average Bonchev–Trinajstić information content (AvgIpc) is 3.35. The van der Waals surface area contributed by atoms with E-state index in [-0.39, 0.29) is 31.4 Å². The van der Waals surface area contributed by atoms with Gasteiger partial charge in [-0.3, -0.25) is 4.79 Å². The Hall–Kier alpha value is -3.36. The normalized spacial score (nSPS) is 10.7. The van der Waals surface area contributed by atoms with Gasteiger partial charge in [0.15, 0.2) is 0 Å². The summed E-state index contributed by atoms with van der Waals surface area (Å²) in [7, 11) is 0. The maximum atomic E-state index is 13.4. The Kier molecular flexibility index (Phi) is 10.1. The monoisotopic (exact) mass is 501 g/mol. The number of carbonyl (C=O) groups is 2. The lowest BCUT2D eigenvalue weighted by Crippen LogP contribution is -2.44. The van der Waals surface area contributed by atoms with Gasteiger partial charge in [-0.05, 0) is 61.4 Å². The highest BCUT2D eigenvalue weighted by atomic mass is 35.5. The number of ether oxygens (including phenoxy) is 1. The van der Waals surface area contributed by atoms with Crippen molar-refractivity contribution in [2.24, 2.45) is 0 Å². The number of anilines is 1. The van der Waals surface area contributed by atoms with Crippen LogP contribution in [0.2, 0.25) is 5.02 Å². The fraction of sp³-hybridized carbons (Fsp3) is 0.308. The molecule has 2 aromatic carbocycles. The molecule has 35 heavy (non-hydrogen) atoms. The molecular weight excluding hydrogens is 473 g/mol. The molecule has 1 N–H and O–H groups in total. The zero-order valence-corrected chi connectivity index (χ0v) is 20.3. The van der Waals surface area contributed by atoms with E-state index in [2.05, 4.69) is 5.32 Å². The van der Waals surface area contributed by atoms with Gasteiger partial charge in [-0.25, -0.2) is 9.18 Å². The molecule has 3 amide bonds. The summed E-state index contributed by atoms with van der Waals surface area (Å²) in [5, 5.41) is 3.29. The minimum absolute atomic E-state index is 0.152. The van der Waals surface area contributed by atoms with E-state index < -0.39 is 6.03 Å². The summed E-state index contributed by atoms with van der Waals surface area (Å²) in [6.45, 7) is 3.56. The Morgan fingerprint density at radius 2 is 1.86 bits per heavy atom. The first-order valence-corrected chi connectivity index (χ1v) is 11.8. The Bertz CT molecular complexity index is 1080. The Balaban J connectivity index is 1.74. The van der Waals surface area contributed by atoms with Crippen LogP contribution in [0.15, 0.2) is 71.3 Å². The number of halogens is 2. The summed E-state index contributed by atoms with van der Waals surface area (Å²) in [5.74, 6) is -0.0223. The number of nitrogens with zero attached hydrogens (tertiary/aromatic N) is 2. The van der Waals surface area contributed by atoms with Crippen LogP contribution in [-0.4, -0.2) is 48.0 Å². The van der Waals surface area contributed by atoms with E-state index in [9.17, 15) is 14.0 Å². The third kappa shape index (κ3) is 8.73. The van der Waals surface area contributed by atoms with E-state index in [0.29, 0.717) is 42.6 Å². The summed E-state index contributed by atoms with van der Waals surface area (Å²) in [4.78, 5) is 29.5. The van der Waals surface area contributed by atoms with E-state index in [1.807, 2.05) is 6.92 Å². The van der Waals surface area contributed by atoms with Crippen molar-refractivity contribution in [1.29, 1.82) is 0 Å². The van der Waals surface area contributed by atoms with Crippen molar-refractivity contribution in [3.8, 4) is 0 Å². The second-order valence-corrected chi connectivity index (χ2v) is 8.30. The van der Waals surface area contributed by atoms with Crippen LogP contribution in [0.1, 0.15) is 24.7 Å². The van der Waals surface area contributed by atoms with Gasteiger partial charge in [-0.1, -0.05) is 29.8 Å². The number of hydrogen-bond donors (Lipinski definition) is 1. The largest absolute Gasteiger partial charge is 0.467 e. The fourth-order valence-electron chi connectivity index (χ4n) is 3.42. The molecule has 0 aliphatic heterocycles. The number of nitrogens with one attached hydrogen (secondary N) is 1. The minimum Gasteiger partial charge on any atom is -0.467 e. The maximum Gasteiger partial charge on any atom is 0.322 e. The third-order valence-corrected chi connectivity index (χ3v) is 5.41. The molecule has 1 aromatic heterocycles. The first-order valence-electron chi connectivity index (χ1n) is 11.4. The van der Waals surface area contributed by atoms with Crippen LogP contribution in [0, 0.1) is 5.82 Å². The molecule has 0 unspecified atom stereocenters. The molecule has 0 saturated carbocycles. The van der Waals surface area contributed by atoms with Crippen molar-refractivity contribution >= 4 is 29.2 Å². The molecule has 0 radical (unpaired) electrons. The average molecular weight is 502 g/mol. The Morgan fingerprint density at radius 3 is 2.54 bits per heavy atom. The first-order chi connectivity index (χ1) is 16.9. The van der Waals surface area contributed by atoms with Gasteiger partial charge in [-0.2, -0.15) is 0 Å². The second-order valence-electron chi connectivity index (χ2n) is 7.87. The molecule has 0 fully saturated rings. The summed E-state index contributed by atoms with van der Waals surface area (Å²) in [5.41, 5.74) is 1.29. The highest BCUT2D eigenvalue weighted by molar-refractivity contribution is 6.30. The molecule has 9 heteroatoms. The molecule has 1 heterocycles. The maximum absolute atomic E-state index is 13.4. The number of urea groups is 1. The number of furan rings is 1. The van der Waals surface area contributed by atoms with E-state index in [1.54, 1.807) is 53.4 Å². The highest BCUT2D eigenvalue weighted by Gasteiger charge is 2.23. The summed E-state index contributed by atoms with van der Waals surface area (Å²) < 4.78 is 24.2. The van der Waals surface area contributed by atoms with E-state index in [0.717, 1.165) is 5.56 Å². The van der Waals surface area contributed by atoms with Gasteiger partial charge in [0.05, 0.1) is 12.8 Å². The quantitative estimate of drug-likeness (QED) is 0.330. The SMILES string of the molecule is CCOCCCN(CC(=O)N(Cc1ccc(F)cc1)Cc1ccco1)C(=O)Nc1cccc(Cl)c1. The molecule has 3 rings (SSSR count). The van der Waals surface area contributed by atoms with Gasteiger partial charge < -0.3 is 24.3 Å². The Labute approximate surface area is 209 Å². The van der Waals surface area contributed by atoms with Gasteiger partial charge >= 0.3 is 6.03 Å². The Morgan fingerprint density at radius 1 is 1.06 bits per heavy atom. The van der Waals surface area contributed by atoms with Crippen LogP contribution < -0.4 is 5.32 Å². The highest BCUT2D eigenvalue weighted by Crippen LogP contribution is 2.16. The molecule has 3 aromatic rings. The molecule has 0 saturated heterocycles. The zero-order valence-electron chi connectivity index (χ0n) is 19.6. The van der Waals surface area contributed by atoms with E-state index >= 15 is 0 Å². The number of hydrogen-bond acceptors (Lipinski definition) is 4. The van der Waals surface area contributed by atoms with Crippen LogP contribution in [-0.2, 0) is 22.6 Å². The predicted octanol–water partition coefficient (Wildman–Crippen LogP) is 5.56. The van der Waals surface area contributed by atoms with E-state index in [4.69, 9.17) is 20.8 Å². The van der Waals surface area contributed by atoms with Crippen LogP contribution in [0.25, 0.3) is 0 Å². The topological polar surface area (TPSA) is 75.0 Å². The van der Waals surface area contributed by atoms with Gasteiger partial charge in [0, 0.05) is 37.0 Å². The molecular formula is C26H29ClFN3O4. The number of rotatable bonds is 12. The van der Waals surface area contributed by atoms with Crippen molar-refractivity contribution in [3.05, 3.63) is 89.1 Å². The lowest BCUT2D eigenvalue weighted by Gasteiger charge is -2.27. The number of amides is 3. The van der Waals surface area contributed by atoms with Crippen molar-refractivity contribution in [2.45, 2.75) is 26.4 Å². The standard InChI is InChI=1S/C26H29ClFN3O4/c1-2-34-14-5-13-30(26(33)29-23-7-3-6-21(27)16-23)19-25(32)31(18-24-8-4-15-35-24)17-20-9-11-22(28)12-10-20/h3-4,6-12,15-16H,2,5,13-14,17-19H2,1H3,(H,29,33). The smallest absolute Gasteiger partial charge is 0.322 e. The molecule has 0 atom stereocenters. The summed E-state index contributed by atoms with van der Waals surface area (Å²) in [6, 6.07) is 15.9. The van der Waals surface area contributed by atoms with Crippen molar-refractivity contribution in [1.82, 2.24) is 9.80 Å². The van der Waals surface area contributed by atoms with Crippen molar-refractivity contribution in [2.75, 3.05) is 31.6 Å². The summed E-state index contributed by atoms with van der Waals surface area (Å²) in [6.07, 6.45) is 2.11. The first kappa shape index (κ1) is 26.2. The van der Waals surface area contributed by atoms with Gasteiger partial charge in [0.1, 0.15) is 18.1 Å². The third-order valence-electron chi connectivity index (χ3n) is 5.18. The molecule has 7 nitrogen and oxygen atoms in total. The van der Waals surface area contributed by atoms with Crippen molar-refractivity contribution in [3.63, 3.8) is 0 Å². The fourth-order valence-corrected chi connectivity index (χ4v) is 3.61. The molecule has 0 spiro atoms. The lowest BCUT2D eigenvalue weighted by molar-refractivity contribution is -0.133. The summed E-state index contributed by atoms with van der Waals surface area (Å²) >= 11 is 6.03. The van der Waals surface area contributed by atoms with Gasteiger partial charge in [0.25, 0.3) is 0 Å². The van der Waals surface area contributed by atoms with Crippen LogP contribution >= 0.6 is 11.6 Å². The molecule has 0 bridgehead atoms. The minimum atomic E-state index is -0.420. The number of benzene rings is 2. The zero-order chi connectivity index (χ0) is 25.0. The predicted molar refractivity (Wildman–Crippen MR) is 133 cm³/mol. The molecule has 186 valence electrons. The van der Waals surface area contributed by atoms with Crippen LogP contribution in [0.4, 0.5) is 14.9 Å². The lowest BCUT2D eigenvalue weighted by atomic mass is 10.2. The van der Waals surface area contributed by atoms with E-state index in [1.165, 1.54) is 23.3 Å². The van der Waals surface area contributed by atoms with Crippen LogP contribution in [0.3, 0.4) is 0 Å². The second kappa shape index (κ2) is 13.5.